The van der Waals surface area contributed by atoms with Crippen LogP contribution in [0.25, 0.3) is 0 Å². The van der Waals surface area contributed by atoms with Crippen LogP contribution in [0.2, 0.25) is 0 Å². The van der Waals surface area contributed by atoms with E-state index in [4.69, 9.17) is 4.74 Å². The van der Waals surface area contributed by atoms with E-state index in [9.17, 15) is 30.3 Å². The second kappa shape index (κ2) is 5.09. The molecule has 1 fully saturated rings. The first kappa shape index (κ1) is 16.0. The molecule has 2 aliphatic carbocycles. The average molecular weight is 324 g/mol. The van der Waals surface area contributed by atoms with E-state index in [0.29, 0.717) is 0 Å². The van der Waals surface area contributed by atoms with Crippen LogP contribution in [-0.2, 0) is 0 Å². The number of carbonyl (C=O) groups excluding carboxylic acids is 1. The van der Waals surface area contributed by atoms with Gasteiger partial charge in [-0.25, -0.2) is 0 Å². The highest BCUT2D eigenvalue weighted by atomic mass is 16.5. The van der Waals surface area contributed by atoms with E-state index in [1.807, 2.05) is 0 Å². The number of ketones is 1. The van der Waals surface area contributed by atoms with Crippen LogP contribution < -0.4 is 4.74 Å². The maximum Gasteiger partial charge on any atom is 0.170 e. The summed E-state index contributed by atoms with van der Waals surface area (Å²) in [6, 6.07) is 1.12. The molecular formula is C16H20O7. The minimum Gasteiger partial charge on any atom is -0.507 e. The Kier molecular flexibility index (Phi) is 3.55. The van der Waals surface area contributed by atoms with Crippen molar-refractivity contribution in [1.29, 1.82) is 0 Å². The Morgan fingerprint density at radius 2 is 1.96 bits per heavy atom. The first-order valence-electron chi connectivity index (χ1n) is 7.44. The molecule has 7 nitrogen and oxygen atoms in total. The number of phenolic OH excluding ortho intramolecular Hbond substituents is 2. The van der Waals surface area contributed by atoms with Crippen molar-refractivity contribution in [3.63, 3.8) is 0 Å². The van der Waals surface area contributed by atoms with Gasteiger partial charge in [-0.05, 0) is 19.8 Å². The molecule has 1 aromatic rings. The monoisotopic (exact) mass is 324 g/mol. The lowest BCUT2D eigenvalue weighted by atomic mass is 9.62. The number of hydrogen-bond acceptors (Lipinski definition) is 7. The molecule has 23 heavy (non-hydrogen) atoms. The van der Waals surface area contributed by atoms with Gasteiger partial charge in [0.1, 0.15) is 5.75 Å². The predicted molar refractivity (Wildman–Crippen MR) is 78.5 cm³/mol. The van der Waals surface area contributed by atoms with Gasteiger partial charge in [0.25, 0.3) is 0 Å². The number of aliphatic hydroxyl groups excluding tert-OH is 2. The Labute approximate surface area is 132 Å². The Bertz CT molecular complexity index is 667. The van der Waals surface area contributed by atoms with Crippen molar-refractivity contribution < 1.29 is 35.1 Å². The van der Waals surface area contributed by atoms with Gasteiger partial charge in [-0.1, -0.05) is 0 Å². The normalized spacial score (nSPS) is 36.3. The third kappa shape index (κ3) is 2.19. The van der Waals surface area contributed by atoms with Crippen molar-refractivity contribution >= 4 is 5.78 Å². The van der Waals surface area contributed by atoms with Crippen molar-refractivity contribution in [3.8, 4) is 17.2 Å². The predicted octanol–water partition coefficient (Wildman–Crippen LogP) is 0.474. The highest BCUT2D eigenvalue weighted by molar-refractivity contribution is 6.04. The molecule has 126 valence electrons. The van der Waals surface area contributed by atoms with E-state index >= 15 is 0 Å². The summed E-state index contributed by atoms with van der Waals surface area (Å²) in [4.78, 5) is 12.7. The summed E-state index contributed by atoms with van der Waals surface area (Å²) in [6.07, 6.45) is -2.37. The van der Waals surface area contributed by atoms with Gasteiger partial charge in [-0.3, -0.25) is 4.79 Å². The number of Topliss-reactive ketones (excluding diaryl/α,β-unsaturated/α-hetero) is 1. The molecule has 0 amide bonds. The van der Waals surface area contributed by atoms with Crippen LogP contribution in [0.3, 0.4) is 0 Å². The van der Waals surface area contributed by atoms with Crippen LogP contribution in [0.4, 0.5) is 0 Å². The molecule has 0 heterocycles. The summed E-state index contributed by atoms with van der Waals surface area (Å²) in [7, 11) is 1.29. The molecule has 0 bridgehead atoms. The molecule has 0 saturated heterocycles. The summed E-state index contributed by atoms with van der Waals surface area (Å²) < 4.78 is 4.95. The molecule has 0 aliphatic heterocycles. The maximum atomic E-state index is 12.7. The highest BCUT2D eigenvalue weighted by Crippen LogP contribution is 2.54. The van der Waals surface area contributed by atoms with Gasteiger partial charge < -0.3 is 30.3 Å². The molecule has 7 heteroatoms. The van der Waals surface area contributed by atoms with Crippen LogP contribution in [0.1, 0.15) is 41.8 Å². The minimum absolute atomic E-state index is 0.00257. The fraction of sp³-hybridized carbons (Fsp3) is 0.562. The molecule has 5 N–H and O–H groups in total. The molecule has 5 atom stereocenters. The number of rotatable bonds is 1. The van der Waals surface area contributed by atoms with Gasteiger partial charge in [-0.15, -0.1) is 0 Å². The largest absolute Gasteiger partial charge is 0.507 e. The van der Waals surface area contributed by atoms with E-state index < -0.39 is 41.2 Å². The maximum absolute atomic E-state index is 12.7. The van der Waals surface area contributed by atoms with Crippen molar-refractivity contribution in [2.45, 2.75) is 37.6 Å². The summed E-state index contributed by atoms with van der Waals surface area (Å²) in [5.74, 6) is -2.68. The number of ether oxygens (including phenoxy) is 1. The summed E-state index contributed by atoms with van der Waals surface area (Å²) in [5.41, 5.74) is -1.66. The second-order valence-corrected chi connectivity index (χ2v) is 6.63. The zero-order chi connectivity index (χ0) is 17.1. The number of aliphatic hydroxyl groups is 3. The Balaban J connectivity index is 2.17. The van der Waals surface area contributed by atoms with Gasteiger partial charge in [0.15, 0.2) is 17.3 Å². The van der Waals surface area contributed by atoms with Crippen LogP contribution in [0.5, 0.6) is 17.2 Å². The minimum atomic E-state index is -1.43. The Morgan fingerprint density at radius 1 is 1.30 bits per heavy atom. The highest BCUT2D eigenvalue weighted by Gasteiger charge is 2.53. The number of methoxy groups -OCH3 is 1. The van der Waals surface area contributed by atoms with Gasteiger partial charge in [0, 0.05) is 23.5 Å². The molecule has 1 saturated carbocycles. The lowest BCUT2D eigenvalue weighted by molar-refractivity contribution is -0.131. The standard InChI is InChI=1S/C16H20O7/c1-16(22)5-7-6(3-10(16)18)13(19)11-8(17)4-9(23-2)15(21)12(11)14(7)20/h4,6-7,10,14,17-18,20-22H,3,5H2,1-2H3/t6-,7+,10-,14-,16+/m1/s1. The SMILES string of the molecule is COc1cc(O)c2c(c1O)[C@H](O)[C@H]1C[C@](C)(O)[C@H](O)C[C@H]1C2=O. The molecule has 0 spiro atoms. The lowest BCUT2D eigenvalue weighted by Gasteiger charge is -2.46. The van der Waals surface area contributed by atoms with Gasteiger partial charge in [-0.2, -0.15) is 0 Å². The van der Waals surface area contributed by atoms with Gasteiger partial charge in [0.2, 0.25) is 0 Å². The van der Waals surface area contributed by atoms with E-state index in [1.165, 1.54) is 14.0 Å². The molecule has 0 unspecified atom stereocenters. The van der Waals surface area contributed by atoms with Crippen LogP contribution >= 0.6 is 0 Å². The van der Waals surface area contributed by atoms with E-state index in [1.54, 1.807) is 0 Å². The van der Waals surface area contributed by atoms with E-state index in [0.717, 1.165) is 6.07 Å². The molecule has 3 rings (SSSR count). The molecule has 1 aromatic carbocycles. The molecule has 0 radical (unpaired) electrons. The zero-order valence-electron chi connectivity index (χ0n) is 12.9. The second-order valence-electron chi connectivity index (χ2n) is 6.63. The van der Waals surface area contributed by atoms with Gasteiger partial charge in [0.05, 0.1) is 30.5 Å². The Hall–Kier alpha value is -1.83. The molecule has 2 aliphatic rings. The number of carbonyl (C=O) groups is 1. The summed E-state index contributed by atoms with van der Waals surface area (Å²) >= 11 is 0. The first-order chi connectivity index (χ1) is 10.7. The molecule has 0 aromatic heterocycles. The number of aromatic hydroxyl groups is 2. The van der Waals surface area contributed by atoms with Crippen molar-refractivity contribution in [2.75, 3.05) is 7.11 Å². The fourth-order valence-corrected chi connectivity index (χ4v) is 3.81. The van der Waals surface area contributed by atoms with Crippen molar-refractivity contribution in [1.82, 2.24) is 0 Å². The zero-order valence-corrected chi connectivity index (χ0v) is 12.9. The van der Waals surface area contributed by atoms with Crippen LogP contribution in [0, 0.1) is 11.8 Å². The number of hydrogen-bond donors (Lipinski definition) is 5. The number of fused-ring (bicyclic) bond motifs is 2. The lowest BCUT2D eigenvalue weighted by Crippen LogP contribution is -2.52. The van der Waals surface area contributed by atoms with E-state index in [-0.39, 0.29) is 35.5 Å². The molecular weight excluding hydrogens is 304 g/mol. The smallest absolute Gasteiger partial charge is 0.170 e. The van der Waals surface area contributed by atoms with Crippen molar-refractivity contribution in [3.05, 3.63) is 17.2 Å². The third-order valence-electron chi connectivity index (χ3n) is 5.15. The first-order valence-corrected chi connectivity index (χ1v) is 7.44. The van der Waals surface area contributed by atoms with Crippen LogP contribution in [-0.4, -0.2) is 50.1 Å². The third-order valence-corrected chi connectivity index (χ3v) is 5.15. The topological polar surface area (TPSA) is 127 Å². The van der Waals surface area contributed by atoms with Crippen molar-refractivity contribution in [2.24, 2.45) is 11.8 Å². The van der Waals surface area contributed by atoms with Gasteiger partial charge >= 0.3 is 0 Å². The fourth-order valence-electron chi connectivity index (χ4n) is 3.81. The summed E-state index contributed by atoms with van der Waals surface area (Å²) in [6.45, 7) is 1.45. The number of benzene rings is 1. The number of phenols is 2. The average Bonchev–Trinajstić information content (AvgIpc) is 2.48. The Morgan fingerprint density at radius 3 is 2.57 bits per heavy atom. The van der Waals surface area contributed by atoms with Crippen LogP contribution in [0.15, 0.2) is 6.07 Å². The van der Waals surface area contributed by atoms with E-state index in [2.05, 4.69) is 0 Å². The quantitative estimate of drug-likeness (QED) is 0.475. The summed E-state index contributed by atoms with van der Waals surface area (Å²) in [5, 5.41) is 51.3.